The minimum atomic E-state index is 0.304. The summed E-state index contributed by atoms with van der Waals surface area (Å²) in [6.07, 6.45) is 5.10. The van der Waals surface area contributed by atoms with Gasteiger partial charge < -0.3 is 4.74 Å². The molecule has 1 heterocycles. The van der Waals surface area contributed by atoms with Gasteiger partial charge in [0.25, 0.3) is 0 Å². The molecular weight excluding hydrogens is 296 g/mol. The Morgan fingerprint density at radius 2 is 1.46 bits per heavy atom. The van der Waals surface area contributed by atoms with Gasteiger partial charge in [0.1, 0.15) is 0 Å². The second kappa shape index (κ2) is 9.54. The summed E-state index contributed by atoms with van der Waals surface area (Å²) in [7, 11) is 0. The average molecular weight is 341 g/mol. The Labute approximate surface area is 152 Å². The second-order valence-corrected chi connectivity index (χ2v) is 9.71. The van der Waals surface area contributed by atoms with Crippen LogP contribution in [0, 0.1) is 5.41 Å². The Bertz CT molecular complexity index is 335. The maximum atomic E-state index is 6.23. The lowest BCUT2D eigenvalue weighted by Crippen LogP contribution is -2.55. The lowest BCUT2D eigenvalue weighted by molar-refractivity contribution is -0.00114. The molecule has 0 bridgehead atoms. The van der Waals surface area contributed by atoms with Crippen LogP contribution in [0.4, 0.5) is 0 Å². The molecule has 1 aliphatic heterocycles. The summed E-state index contributed by atoms with van der Waals surface area (Å²) in [6.45, 7) is 24.2. The van der Waals surface area contributed by atoms with E-state index in [2.05, 4.69) is 65.2 Å². The lowest BCUT2D eigenvalue weighted by Gasteiger charge is -2.44. The minimum absolute atomic E-state index is 0.304. The maximum Gasteiger partial charge on any atom is 0.0577 e. The molecule has 3 nitrogen and oxygen atoms in total. The highest BCUT2D eigenvalue weighted by atomic mass is 16.5. The van der Waals surface area contributed by atoms with E-state index < -0.39 is 0 Å². The molecule has 1 aliphatic rings. The monoisotopic (exact) mass is 340 g/mol. The largest absolute Gasteiger partial charge is 0.378 e. The van der Waals surface area contributed by atoms with Crippen molar-refractivity contribution < 1.29 is 4.74 Å². The van der Waals surface area contributed by atoms with Crippen LogP contribution in [0.15, 0.2) is 0 Å². The van der Waals surface area contributed by atoms with Crippen LogP contribution in [0.5, 0.6) is 0 Å². The van der Waals surface area contributed by atoms with Crippen LogP contribution in [0.2, 0.25) is 0 Å². The van der Waals surface area contributed by atoms with E-state index >= 15 is 0 Å². The van der Waals surface area contributed by atoms with Crippen LogP contribution in [-0.2, 0) is 4.74 Å². The van der Waals surface area contributed by atoms with Crippen LogP contribution in [-0.4, -0.2) is 60.3 Å². The van der Waals surface area contributed by atoms with E-state index in [0.29, 0.717) is 23.1 Å². The fourth-order valence-corrected chi connectivity index (χ4v) is 3.78. The van der Waals surface area contributed by atoms with Gasteiger partial charge in [0, 0.05) is 44.4 Å². The standard InChI is InChI=1S/C21H44N2O/c1-9-18(11-16-24-19(10-2)17-20(3,4)5)22-12-14-23(15-13-22)21(6,7)8/h18-19H,9-17H2,1-8H3. The minimum Gasteiger partial charge on any atom is -0.378 e. The smallest absolute Gasteiger partial charge is 0.0577 e. The van der Waals surface area contributed by atoms with Crippen molar-refractivity contribution in [2.75, 3.05) is 32.8 Å². The fourth-order valence-electron chi connectivity index (χ4n) is 3.78. The molecule has 0 saturated carbocycles. The zero-order valence-corrected chi connectivity index (χ0v) is 17.8. The first kappa shape index (κ1) is 21.9. The molecule has 2 unspecified atom stereocenters. The van der Waals surface area contributed by atoms with Gasteiger partial charge in [0.2, 0.25) is 0 Å². The molecule has 1 rings (SSSR count). The Balaban J connectivity index is 2.37. The highest BCUT2D eigenvalue weighted by molar-refractivity contribution is 4.84. The molecule has 1 fully saturated rings. The SMILES string of the molecule is CCC(CC(C)(C)C)OCCC(CC)N1CCN(C(C)(C)C)CC1. The molecule has 3 heteroatoms. The molecule has 24 heavy (non-hydrogen) atoms. The summed E-state index contributed by atoms with van der Waals surface area (Å²) in [4.78, 5) is 5.31. The van der Waals surface area contributed by atoms with E-state index in [4.69, 9.17) is 4.74 Å². The van der Waals surface area contributed by atoms with Crippen molar-refractivity contribution in [1.29, 1.82) is 0 Å². The van der Waals surface area contributed by atoms with Gasteiger partial charge in [-0.2, -0.15) is 0 Å². The maximum absolute atomic E-state index is 6.23. The van der Waals surface area contributed by atoms with Gasteiger partial charge in [-0.15, -0.1) is 0 Å². The number of hydrogen-bond donors (Lipinski definition) is 0. The Kier molecular flexibility index (Phi) is 8.72. The number of nitrogens with zero attached hydrogens (tertiary/aromatic N) is 2. The Morgan fingerprint density at radius 3 is 1.88 bits per heavy atom. The van der Waals surface area contributed by atoms with Crippen molar-refractivity contribution >= 4 is 0 Å². The quantitative estimate of drug-likeness (QED) is 0.631. The zero-order valence-electron chi connectivity index (χ0n) is 17.8. The van der Waals surface area contributed by atoms with Gasteiger partial charge in [0.05, 0.1) is 6.10 Å². The van der Waals surface area contributed by atoms with Gasteiger partial charge in [0.15, 0.2) is 0 Å². The highest BCUT2D eigenvalue weighted by Gasteiger charge is 2.28. The summed E-state index contributed by atoms with van der Waals surface area (Å²) >= 11 is 0. The molecule has 0 N–H and O–H groups in total. The Hall–Kier alpha value is -0.120. The third-order valence-electron chi connectivity index (χ3n) is 5.35. The summed E-state index contributed by atoms with van der Waals surface area (Å²) in [5.41, 5.74) is 0.659. The molecule has 0 amide bonds. The van der Waals surface area contributed by atoms with Crippen molar-refractivity contribution in [2.45, 2.75) is 98.8 Å². The van der Waals surface area contributed by atoms with E-state index in [1.165, 1.54) is 39.0 Å². The number of piperazine rings is 1. The van der Waals surface area contributed by atoms with E-state index in [1.807, 2.05) is 0 Å². The summed E-state index contributed by atoms with van der Waals surface area (Å²) < 4.78 is 6.23. The van der Waals surface area contributed by atoms with Crippen molar-refractivity contribution in [2.24, 2.45) is 5.41 Å². The third-order valence-corrected chi connectivity index (χ3v) is 5.35. The van der Waals surface area contributed by atoms with Crippen molar-refractivity contribution in [3.63, 3.8) is 0 Å². The molecule has 0 aromatic rings. The Morgan fingerprint density at radius 1 is 0.875 bits per heavy atom. The molecule has 144 valence electrons. The van der Waals surface area contributed by atoms with E-state index in [9.17, 15) is 0 Å². The van der Waals surface area contributed by atoms with E-state index in [0.717, 1.165) is 19.4 Å². The fraction of sp³-hybridized carbons (Fsp3) is 1.00. The van der Waals surface area contributed by atoms with E-state index in [-0.39, 0.29) is 0 Å². The highest BCUT2D eigenvalue weighted by Crippen LogP contribution is 2.24. The first-order chi connectivity index (χ1) is 11.1. The predicted molar refractivity (Wildman–Crippen MR) is 106 cm³/mol. The van der Waals surface area contributed by atoms with Crippen LogP contribution in [0.3, 0.4) is 0 Å². The van der Waals surface area contributed by atoms with Crippen molar-refractivity contribution in [1.82, 2.24) is 9.80 Å². The normalized spacial score (nSPS) is 21.0. The van der Waals surface area contributed by atoms with Gasteiger partial charge in [-0.1, -0.05) is 34.6 Å². The number of rotatable bonds is 8. The van der Waals surface area contributed by atoms with Gasteiger partial charge in [-0.25, -0.2) is 0 Å². The molecular formula is C21H44N2O. The van der Waals surface area contributed by atoms with Gasteiger partial charge in [-0.05, 0) is 51.9 Å². The predicted octanol–water partition coefficient (Wildman–Crippen LogP) is 4.80. The molecule has 0 aromatic carbocycles. The molecule has 0 aromatic heterocycles. The van der Waals surface area contributed by atoms with Crippen molar-refractivity contribution in [3.05, 3.63) is 0 Å². The third kappa shape index (κ3) is 7.84. The summed E-state index contributed by atoms with van der Waals surface area (Å²) in [5, 5.41) is 0. The van der Waals surface area contributed by atoms with Crippen molar-refractivity contribution in [3.8, 4) is 0 Å². The molecule has 2 atom stereocenters. The molecule has 0 aliphatic carbocycles. The second-order valence-electron chi connectivity index (χ2n) is 9.71. The lowest BCUT2D eigenvalue weighted by atomic mass is 9.88. The summed E-state index contributed by atoms with van der Waals surface area (Å²) in [5.74, 6) is 0. The van der Waals surface area contributed by atoms with Crippen LogP contribution < -0.4 is 0 Å². The van der Waals surface area contributed by atoms with Gasteiger partial charge in [-0.3, -0.25) is 9.80 Å². The van der Waals surface area contributed by atoms with Crippen LogP contribution in [0.25, 0.3) is 0 Å². The summed E-state index contributed by atoms with van der Waals surface area (Å²) in [6, 6.07) is 0.680. The molecule has 1 saturated heterocycles. The average Bonchev–Trinajstić information content (AvgIpc) is 2.48. The topological polar surface area (TPSA) is 15.7 Å². The van der Waals surface area contributed by atoms with Crippen LogP contribution >= 0.6 is 0 Å². The van der Waals surface area contributed by atoms with Gasteiger partial charge >= 0.3 is 0 Å². The first-order valence-electron chi connectivity index (χ1n) is 10.2. The zero-order chi connectivity index (χ0) is 18.4. The molecule has 0 spiro atoms. The first-order valence-corrected chi connectivity index (χ1v) is 10.2. The number of ether oxygens (including phenoxy) is 1. The van der Waals surface area contributed by atoms with E-state index in [1.54, 1.807) is 0 Å². The molecule has 0 radical (unpaired) electrons. The number of hydrogen-bond acceptors (Lipinski definition) is 3. The van der Waals surface area contributed by atoms with Crippen LogP contribution in [0.1, 0.15) is 81.1 Å².